The molecule has 1 aromatic carbocycles. The van der Waals surface area contributed by atoms with Gasteiger partial charge in [0.1, 0.15) is 36.3 Å². The smallest absolute Gasteiger partial charge is 0.186 e. The first-order valence-corrected chi connectivity index (χ1v) is 10.1. The Kier molecular flexibility index (Phi) is 6.31. The van der Waals surface area contributed by atoms with Gasteiger partial charge in [-0.05, 0) is 17.7 Å². The lowest BCUT2D eigenvalue weighted by atomic mass is 9.76. The quantitative estimate of drug-likeness (QED) is 0.331. The third-order valence-electron chi connectivity index (χ3n) is 6.10. The summed E-state index contributed by atoms with van der Waals surface area (Å²) in [6.45, 7) is -0.578. The molecule has 10 heteroatoms. The fourth-order valence-corrected chi connectivity index (χ4v) is 4.37. The van der Waals surface area contributed by atoms with Crippen molar-refractivity contribution in [2.75, 3.05) is 6.61 Å². The van der Waals surface area contributed by atoms with Crippen LogP contribution in [0.3, 0.4) is 0 Å². The van der Waals surface area contributed by atoms with Crippen molar-refractivity contribution in [2.45, 2.75) is 61.9 Å². The molecule has 1 saturated heterocycles. The number of hydrogen-bond donors (Lipinski definition) is 6. The number of hydrogen-bond acceptors (Lipinski definition) is 10. The first-order chi connectivity index (χ1) is 14.8. The SMILES string of the molecule is O=C1C(c2ccc(O)cc2)=COC2CC(O[C@H]3O[C@@H](CO)[C@@H](O)[C@@H](O)[C@@H]3O)CC(O)C12. The van der Waals surface area contributed by atoms with Gasteiger partial charge in [-0.15, -0.1) is 0 Å². The van der Waals surface area contributed by atoms with Crippen molar-refractivity contribution >= 4 is 11.4 Å². The van der Waals surface area contributed by atoms with E-state index in [-0.39, 0.29) is 24.4 Å². The highest BCUT2D eigenvalue weighted by molar-refractivity contribution is 6.22. The molecule has 0 spiro atoms. The molecule has 6 N–H and O–H groups in total. The summed E-state index contributed by atoms with van der Waals surface area (Å²) >= 11 is 0. The molecule has 2 heterocycles. The number of carbonyl (C=O) groups excluding carboxylic acids is 1. The molecule has 1 saturated carbocycles. The van der Waals surface area contributed by atoms with Crippen LogP contribution in [0.4, 0.5) is 0 Å². The van der Waals surface area contributed by atoms with Gasteiger partial charge in [-0.1, -0.05) is 12.1 Å². The maximum absolute atomic E-state index is 13.0. The van der Waals surface area contributed by atoms with E-state index >= 15 is 0 Å². The number of ether oxygens (including phenoxy) is 3. The second-order valence-corrected chi connectivity index (χ2v) is 8.14. The molecule has 0 bridgehead atoms. The van der Waals surface area contributed by atoms with Crippen LogP contribution in [0.1, 0.15) is 18.4 Å². The Morgan fingerprint density at radius 1 is 1.00 bits per heavy atom. The lowest BCUT2D eigenvalue weighted by Gasteiger charge is -2.44. The number of fused-ring (bicyclic) bond motifs is 1. The lowest BCUT2D eigenvalue weighted by molar-refractivity contribution is -0.316. The van der Waals surface area contributed by atoms with Crippen LogP contribution in [0.25, 0.3) is 5.57 Å². The third kappa shape index (κ3) is 4.20. The van der Waals surface area contributed by atoms with Crippen molar-refractivity contribution in [3.8, 4) is 5.75 Å². The maximum Gasteiger partial charge on any atom is 0.186 e. The number of phenols is 1. The Bertz CT molecular complexity index is 822. The van der Waals surface area contributed by atoms with E-state index in [0.717, 1.165) is 0 Å². The predicted molar refractivity (Wildman–Crippen MR) is 103 cm³/mol. The van der Waals surface area contributed by atoms with Crippen LogP contribution in [0.15, 0.2) is 30.5 Å². The Labute approximate surface area is 177 Å². The Hall–Kier alpha value is -2.05. The van der Waals surface area contributed by atoms with Crippen LogP contribution in [-0.4, -0.2) is 92.0 Å². The second-order valence-electron chi connectivity index (χ2n) is 8.14. The minimum absolute atomic E-state index is 0.0636. The van der Waals surface area contributed by atoms with Crippen molar-refractivity contribution in [2.24, 2.45) is 5.92 Å². The normalized spacial score (nSPS) is 40.6. The number of rotatable bonds is 4. The number of aliphatic hydroxyl groups is 5. The summed E-state index contributed by atoms with van der Waals surface area (Å²) in [6, 6.07) is 6.08. The van der Waals surface area contributed by atoms with E-state index in [9.17, 15) is 35.4 Å². The Balaban J connectivity index is 1.46. The monoisotopic (exact) mass is 438 g/mol. The van der Waals surface area contributed by atoms with Crippen LogP contribution < -0.4 is 0 Å². The number of ketones is 1. The minimum atomic E-state index is -1.57. The number of allylic oxidation sites excluding steroid dienone is 1. The molecule has 0 amide bonds. The van der Waals surface area contributed by atoms with E-state index in [1.165, 1.54) is 18.4 Å². The zero-order valence-electron chi connectivity index (χ0n) is 16.5. The Morgan fingerprint density at radius 3 is 2.39 bits per heavy atom. The van der Waals surface area contributed by atoms with Gasteiger partial charge in [0, 0.05) is 12.8 Å². The molecule has 2 aliphatic heterocycles. The summed E-state index contributed by atoms with van der Waals surface area (Å²) in [5, 5.41) is 59.3. The first-order valence-electron chi connectivity index (χ1n) is 10.1. The largest absolute Gasteiger partial charge is 0.508 e. The topological polar surface area (TPSA) is 166 Å². The van der Waals surface area contributed by atoms with E-state index in [1.807, 2.05) is 0 Å². The van der Waals surface area contributed by atoms with Gasteiger partial charge in [0.2, 0.25) is 0 Å². The second kappa shape index (κ2) is 8.83. The van der Waals surface area contributed by atoms with Crippen molar-refractivity contribution in [3.05, 3.63) is 36.1 Å². The van der Waals surface area contributed by atoms with Gasteiger partial charge in [0.05, 0.1) is 36.6 Å². The van der Waals surface area contributed by atoms with Crippen molar-refractivity contribution in [3.63, 3.8) is 0 Å². The molecule has 4 unspecified atom stereocenters. The van der Waals surface area contributed by atoms with Crippen molar-refractivity contribution < 1.29 is 49.6 Å². The van der Waals surface area contributed by atoms with E-state index in [0.29, 0.717) is 11.1 Å². The number of benzene rings is 1. The van der Waals surface area contributed by atoms with Gasteiger partial charge in [0.15, 0.2) is 12.1 Å². The average molecular weight is 438 g/mol. The van der Waals surface area contributed by atoms with E-state index in [4.69, 9.17) is 14.2 Å². The molecule has 3 aliphatic rings. The summed E-state index contributed by atoms with van der Waals surface area (Å²) in [5.41, 5.74) is 0.863. The molecular weight excluding hydrogens is 412 g/mol. The number of Topliss-reactive ketones (excluding diaryl/α,β-unsaturated/α-hetero) is 1. The summed E-state index contributed by atoms with van der Waals surface area (Å²) in [5.74, 6) is -1.01. The van der Waals surface area contributed by atoms with Crippen LogP contribution in [0.2, 0.25) is 0 Å². The lowest BCUT2D eigenvalue weighted by Crippen LogP contribution is -2.60. The highest BCUT2D eigenvalue weighted by atomic mass is 16.7. The van der Waals surface area contributed by atoms with Gasteiger partial charge in [-0.3, -0.25) is 4.79 Å². The van der Waals surface area contributed by atoms with Gasteiger partial charge in [0.25, 0.3) is 0 Å². The summed E-state index contributed by atoms with van der Waals surface area (Å²) in [6.07, 6.45) is -7.83. The van der Waals surface area contributed by atoms with Crippen LogP contribution in [0, 0.1) is 5.92 Å². The van der Waals surface area contributed by atoms with Crippen LogP contribution in [-0.2, 0) is 19.0 Å². The van der Waals surface area contributed by atoms with Crippen LogP contribution in [0.5, 0.6) is 5.75 Å². The van der Waals surface area contributed by atoms with E-state index in [1.54, 1.807) is 12.1 Å². The van der Waals surface area contributed by atoms with Gasteiger partial charge in [-0.25, -0.2) is 0 Å². The third-order valence-corrected chi connectivity index (χ3v) is 6.10. The average Bonchev–Trinajstić information content (AvgIpc) is 2.75. The molecule has 1 aromatic rings. The number of phenolic OH excluding ortho intramolecular Hbond substituents is 1. The summed E-state index contributed by atoms with van der Waals surface area (Å²) < 4.78 is 16.8. The van der Waals surface area contributed by atoms with Crippen LogP contribution >= 0.6 is 0 Å². The molecule has 10 nitrogen and oxygen atoms in total. The molecule has 9 atom stereocenters. The fraction of sp³-hybridized carbons (Fsp3) is 0.571. The minimum Gasteiger partial charge on any atom is -0.508 e. The molecule has 2 fully saturated rings. The van der Waals surface area contributed by atoms with Gasteiger partial charge < -0.3 is 44.8 Å². The molecule has 31 heavy (non-hydrogen) atoms. The summed E-state index contributed by atoms with van der Waals surface area (Å²) in [7, 11) is 0. The predicted octanol–water partition coefficient (Wildman–Crippen LogP) is -1.34. The number of carbonyl (C=O) groups is 1. The maximum atomic E-state index is 13.0. The van der Waals surface area contributed by atoms with Crippen molar-refractivity contribution in [1.29, 1.82) is 0 Å². The van der Waals surface area contributed by atoms with Gasteiger partial charge in [-0.2, -0.15) is 0 Å². The molecule has 4 rings (SSSR count). The Morgan fingerprint density at radius 2 is 1.71 bits per heavy atom. The zero-order chi connectivity index (χ0) is 22.3. The molecule has 0 radical (unpaired) electrons. The highest BCUT2D eigenvalue weighted by Gasteiger charge is 2.49. The zero-order valence-corrected chi connectivity index (χ0v) is 16.5. The molecular formula is C21H26O10. The fourth-order valence-electron chi connectivity index (χ4n) is 4.37. The number of aromatic hydroxyl groups is 1. The molecule has 0 aromatic heterocycles. The van der Waals surface area contributed by atoms with E-state index in [2.05, 4.69) is 0 Å². The van der Waals surface area contributed by atoms with Crippen molar-refractivity contribution in [1.82, 2.24) is 0 Å². The van der Waals surface area contributed by atoms with Gasteiger partial charge >= 0.3 is 0 Å². The number of aliphatic hydroxyl groups excluding tert-OH is 5. The molecule has 1 aliphatic carbocycles. The van der Waals surface area contributed by atoms with E-state index < -0.39 is 61.5 Å². The molecule has 170 valence electrons. The summed E-state index contributed by atoms with van der Waals surface area (Å²) in [4.78, 5) is 13.0. The standard InChI is InChI=1S/C21H26O10/c22-7-15-18(26)19(27)20(28)21(31-15)30-11-5-13(24)16-14(6-11)29-8-12(17(16)25)9-1-3-10(23)4-2-9/h1-4,8,11,13-16,18-24,26-28H,5-7H2/t11?,13?,14?,15-,16?,18+,19+,20-,21-/m0/s1. The first kappa shape index (κ1) is 22.2. The highest BCUT2D eigenvalue weighted by Crippen LogP contribution is 2.38.